The van der Waals surface area contributed by atoms with E-state index < -0.39 is 0 Å². The SMILES string of the molecule is Cc1nc(C2CCN(C(=O)c3cnc4c(c3)ncn4C3CCCC3)CC2)cc(=O)[nH]1. The Balaban J connectivity index is 1.29. The summed E-state index contributed by atoms with van der Waals surface area (Å²) >= 11 is 0. The van der Waals surface area contributed by atoms with Crippen LogP contribution in [0.15, 0.2) is 29.5 Å². The number of hydrogen-bond donors (Lipinski definition) is 1. The molecular weight excluding hydrogens is 380 g/mol. The van der Waals surface area contributed by atoms with Gasteiger partial charge in [-0.15, -0.1) is 0 Å². The molecule has 5 rings (SSSR count). The first-order valence-electron chi connectivity index (χ1n) is 10.8. The second-order valence-electron chi connectivity index (χ2n) is 8.48. The maximum Gasteiger partial charge on any atom is 0.255 e. The van der Waals surface area contributed by atoms with Crippen LogP contribution in [0, 0.1) is 6.92 Å². The molecule has 4 heterocycles. The van der Waals surface area contributed by atoms with Crippen LogP contribution in [0.3, 0.4) is 0 Å². The van der Waals surface area contributed by atoms with Gasteiger partial charge in [0.15, 0.2) is 5.65 Å². The van der Waals surface area contributed by atoms with Gasteiger partial charge in [-0.2, -0.15) is 0 Å². The van der Waals surface area contributed by atoms with E-state index in [0.29, 0.717) is 30.5 Å². The van der Waals surface area contributed by atoms with Crippen LogP contribution < -0.4 is 5.56 Å². The third kappa shape index (κ3) is 3.51. The van der Waals surface area contributed by atoms with Crippen LogP contribution in [0.4, 0.5) is 0 Å². The van der Waals surface area contributed by atoms with Gasteiger partial charge in [0.25, 0.3) is 11.5 Å². The molecule has 2 fully saturated rings. The number of rotatable bonds is 3. The lowest BCUT2D eigenvalue weighted by Gasteiger charge is -2.31. The van der Waals surface area contributed by atoms with Gasteiger partial charge in [0.2, 0.25) is 0 Å². The van der Waals surface area contributed by atoms with E-state index in [-0.39, 0.29) is 17.4 Å². The lowest BCUT2D eigenvalue weighted by atomic mass is 9.93. The van der Waals surface area contributed by atoms with Crippen LogP contribution in [0.25, 0.3) is 11.2 Å². The van der Waals surface area contributed by atoms with Crippen molar-refractivity contribution in [3.8, 4) is 0 Å². The number of fused-ring (bicyclic) bond motifs is 1. The van der Waals surface area contributed by atoms with Crippen molar-refractivity contribution < 1.29 is 4.79 Å². The number of aromatic amines is 1. The lowest BCUT2D eigenvalue weighted by Crippen LogP contribution is -2.38. The zero-order chi connectivity index (χ0) is 20.7. The first kappa shape index (κ1) is 19.0. The second-order valence-corrected chi connectivity index (χ2v) is 8.48. The minimum Gasteiger partial charge on any atom is -0.339 e. The standard InChI is InChI=1S/C22H26N6O2/c1-14-25-18(11-20(29)26-14)15-6-8-27(9-7-15)22(30)16-10-19-21(23-12-16)28(13-24-19)17-4-2-3-5-17/h10-13,15,17H,2-9H2,1H3,(H,25,26,29). The normalized spacial score (nSPS) is 18.4. The van der Waals surface area contributed by atoms with Gasteiger partial charge < -0.3 is 14.5 Å². The van der Waals surface area contributed by atoms with Crippen LogP contribution >= 0.6 is 0 Å². The smallest absolute Gasteiger partial charge is 0.255 e. The van der Waals surface area contributed by atoms with E-state index in [1.54, 1.807) is 19.2 Å². The molecule has 1 saturated heterocycles. The monoisotopic (exact) mass is 406 g/mol. The second kappa shape index (κ2) is 7.66. The topological polar surface area (TPSA) is 96.8 Å². The van der Waals surface area contributed by atoms with Crippen molar-refractivity contribution in [2.45, 2.75) is 57.4 Å². The highest BCUT2D eigenvalue weighted by atomic mass is 16.2. The highest BCUT2D eigenvalue weighted by Crippen LogP contribution is 2.32. The van der Waals surface area contributed by atoms with Gasteiger partial charge in [-0.25, -0.2) is 15.0 Å². The van der Waals surface area contributed by atoms with E-state index >= 15 is 0 Å². The first-order chi connectivity index (χ1) is 14.6. The highest BCUT2D eigenvalue weighted by Gasteiger charge is 2.27. The number of hydrogen-bond acceptors (Lipinski definition) is 5. The van der Waals surface area contributed by atoms with Gasteiger partial charge in [-0.3, -0.25) is 9.59 Å². The van der Waals surface area contributed by atoms with Crippen molar-refractivity contribution in [2.75, 3.05) is 13.1 Å². The number of carbonyl (C=O) groups excluding carboxylic acids is 1. The van der Waals surface area contributed by atoms with Gasteiger partial charge in [0, 0.05) is 37.3 Å². The molecule has 0 aromatic carbocycles. The number of pyridine rings is 1. The van der Waals surface area contributed by atoms with E-state index in [0.717, 1.165) is 29.7 Å². The number of nitrogens with one attached hydrogen (secondary N) is 1. The maximum atomic E-state index is 13.0. The predicted octanol–water partition coefficient (Wildman–Crippen LogP) is 2.96. The summed E-state index contributed by atoms with van der Waals surface area (Å²) in [6.07, 6.45) is 10.00. The summed E-state index contributed by atoms with van der Waals surface area (Å²) in [6, 6.07) is 3.92. The highest BCUT2D eigenvalue weighted by molar-refractivity contribution is 5.96. The average Bonchev–Trinajstić information content (AvgIpc) is 3.41. The summed E-state index contributed by atoms with van der Waals surface area (Å²) in [6.45, 7) is 3.08. The number of likely N-dealkylation sites (tertiary alicyclic amines) is 1. The molecule has 1 aliphatic heterocycles. The molecule has 2 aliphatic rings. The number of imidazole rings is 1. The van der Waals surface area contributed by atoms with Gasteiger partial charge in [0.1, 0.15) is 11.3 Å². The lowest BCUT2D eigenvalue weighted by molar-refractivity contribution is 0.0711. The number of H-pyrrole nitrogens is 1. The molecule has 1 saturated carbocycles. The van der Waals surface area contributed by atoms with Crippen molar-refractivity contribution in [2.24, 2.45) is 0 Å². The van der Waals surface area contributed by atoms with Crippen molar-refractivity contribution in [3.05, 3.63) is 52.1 Å². The number of aromatic nitrogens is 5. The molecule has 156 valence electrons. The van der Waals surface area contributed by atoms with Gasteiger partial charge >= 0.3 is 0 Å². The largest absolute Gasteiger partial charge is 0.339 e. The summed E-state index contributed by atoms with van der Waals surface area (Å²) in [5.74, 6) is 0.832. The molecule has 3 aromatic rings. The van der Waals surface area contributed by atoms with Crippen LogP contribution in [0.5, 0.6) is 0 Å². The molecule has 3 aromatic heterocycles. The minimum atomic E-state index is -0.118. The third-order valence-electron chi connectivity index (χ3n) is 6.46. The van der Waals surface area contributed by atoms with E-state index in [1.165, 1.54) is 25.7 Å². The van der Waals surface area contributed by atoms with Crippen molar-refractivity contribution >= 4 is 17.1 Å². The van der Waals surface area contributed by atoms with Crippen LogP contribution in [0.2, 0.25) is 0 Å². The van der Waals surface area contributed by atoms with Crippen LogP contribution in [-0.2, 0) is 0 Å². The molecule has 8 heteroatoms. The van der Waals surface area contributed by atoms with E-state index in [4.69, 9.17) is 0 Å². The quantitative estimate of drug-likeness (QED) is 0.721. The summed E-state index contributed by atoms with van der Waals surface area (Å²) in [4.78, 5) is 42.9. The van der Waals surface area contributed by atoms with Crippen molar-refractivity contribution in [1.29, 1.82) is 0 Å². The first-order valence-corrected chi connectivity index (χ1v) is 10.8. The zero-order valence-electron chi connectivity index (χ0n) is 17.2. The van der Waals surface area contributed by atoms with Crippen LogP contribution in [0.1, 0.15) is 72.4 Å². The number of carbonyl (C=O) groups is 1. The summed E-state index contributed by atoms with van der Waals surface area (Å²) < 4.78 is 2.17. The molecular formula is C22H26N6O2. The van der Waals surface area contributed by atoms with E-state index in [9.17, 15) is 9.59 Å². The molecule has 0 bridgehead atoms. The predicted molar refractivity (Wildman–Crippen MR) is 113 cm³/mol. The fourth-order valence-corrected chi connectivity index (χ4v) is 4.86. The van der Waals surface area contributed by atoms with E-state index in [1.807, 2.05) is 17.3 Å². The molecule has 0 unspecified atom stereocenters. The zero-order valence-corrected chi connectivity index (χ0v) is 17.2. The van der Waals surface area contributed by atoms with E-state index in [2.05, 4.69) is 24.5 Å². The summed E-state index contributed by atoms with van der Waals surface area (Å²) in [5.41, 5.74) is 2.94. The van der Waals surface area contributed by atoms with Gasteiger partial charge in [-0.1, -0.05) is 12.8 Å². The summed E-state index contributed by atoms with van der Waals surface area (Å²) in [5, 5.41) is 0. The number of aryl methyl sites for hydroxylation is 1. The molecule has 0 spiro atoms. The Labute approximate surface area is 174 Å². The average molecular weight is 406 g/mol. The third-order valence-corrected chi connectivity index (χ3v) is 6.46. The Morgan fingerprint density at radius 2 is 1.87 bits per heavy atom. The summed E-state index contributed by atoms with van der Waals surface area (Å²) in [7, 11) is 0. The number of piperidine rings is 1. The molecule has 0 atom stereocenters. The van der Waals surface area contributed by atoms with Crippen molar-refractivity contribution in [3.63, 3.8) is 0 Å². The molecule has 1 amide bonds. The molecule has 1 N–H and O–H groups in total. The minimum absolute atomic E-state index is 0.00619. The fourth-order valence-electron chi connectivity index (χ4n) is 4.86. The Hall–Kier alpha value is -3.03. The van der Waals surface area contributed by atoms with Gasteiger partial charge in [0.05, 0.1) is 17.6 Å². The fraction of sp³-hybridized carbons (Fsp3) is 0.500. The number of amides is 1. The Kier molecular flexibility index (Phi) is 4.84. The Morgan fingerprint density at radius 1 is 1.10 bits per heavy atom. The van der Waals surface area contributed by atoms with Gasteiger partial charge in [-0.05, 0) is 38.7 Å². The van der Waals surface area contributed by atoms with Crippen LogP contribution in [-0.4, -0.2) is 48.4 Å². The Bertz CT molecular complexity index is 1140. The molecule has 1 aliphatic carbocycles. The van der Waals surface area contributed by atoms with Crippen molar-refractivity contribution in [1.82, 2.24) is 29.4 Å². The maximum absolute atomic E-state index is 13.0. The molecule has 30 heavy (non-hydrogen) atoms. The Morgan fingerprint density at radius 3 is 2.60 bits per heavy atom. The molecule has 0 radical (unpaired) electrons. The number of nitrogens with zero attached hydrogens (tertiary/aromatic N) is 5. The molecule has 8 nitrogen and oxygen atoms in total.